The van der Waals surface area contributed by atoms with Crippen LogP contribution >= 0.6 is 0 Å². The summed E-state index contributed by atoms with van der Waals surface area (Å²) in [6, 6.07) is 2.91. The van der Waals surface area contributed by atoms with Crippen molar-refractivity contribution in [3.8, 4) is 0 Å². The van der Waals surface area contributed by atoms with E-state index in [1.165, 1.54) is 29.9 Å². The number of nitrogens with zero attached hydrogens (tertiary/aromatic N) is 4. The van der Waals surface area contributed by atoms with Gasteiger partial charge in [0, 0.05) is 11.7 Å². The van der Waals surface area contributed by atoms with Crippen molar-refractivity contribution in [2.45, 2.75) is 52.1 Å². The maximum Gasteiger partial charge on any atom is 0.0951 e. The topological polar surface area (TPSA) is 35.6 Å². The highest BCUT2D eigenvalue weighted by Crippen LogP contribution is 2.35. The molecule has 0 unspecified atom stereocenters. The van der Waals surface area contributed by atoms with Crippen LogP contribution in [-0.2, 0) is 19.4 Å². The van der Waals surface area contributed by atoms with Crippen molar-refractivity contribution >= 4 is 0 Å². The fourth-order valence-electron chi connectivity index (χ4n) is 2.40. The highest BCUT2D eigenvalue weighted by molar-refractivity contribution is 5.13. The number of aryl methyl sites for hydroxylation is 2. The minimum Gasteiger partial charge on any atom is -0.330 e. The van der Waals surface area contributed by atoms with Gasteiger partial charge in [-0.3, -0.25) is 4.68 Å². The van der Waals surface area contributed by atoms with Crippen LogP contribution in [0.3, 0.4) is 0 Å². The van der Waals surface area contributed by atoms with Gasteiger partial charge in [-0.15, -0.1) is 0 Å². The molecule has 3 rings (SSSR count). The van der Waals surface area contributed by atoms with Crippen LogP contribution in [0.5, 0.6) is 0 Å². The fraction of sp³-hybridized carbons (Fsp3) is 0.571. The second-order valence-corrected chi connectivity index (χ2v) is 5.02. The van der Waals surface area contributed by atoms with Crippen molar-refractivity contribution in [2.75, 3.05) is 0 Å². The zero-order chi connectivity index (χ0) is 12.5. The summed E-state index contributed by atoms with van der Waals surface area (Å²) >= 11 is 0. The van der Waals surface area contributed by atoms with Crippen molar-refractivity contribution in [1.29, 1.82) is 0 Å². The summed E-state index contributed by atoms with van der Waals surface area (Å²) in [4.78, 5) is 4.28. The predicted octanol–water partition coefficient (Wildman–Crippen LogP) is 2.59. The molecule has 0 aliphatic heterocycles. The van der Waals surface area contributed by atoms with Gasteiger partial charge in [-0.1, -0.05) is 13.8 Å². The molecule has 0 radical (unpaired) electrons. The van der Waals surface area contributed by atoms with Gasteiger partial charge in [0.15, 0.2) is 0 Å². The van der Waals surface area contributed by atoms with Crippen LogP contribution in [-0.4, -0.2) is 19.3 Å². The zero-order valence-electron chi connectivity index (χ0n) is 11.1. The molecule has 4 heteroatoms. The quantitative estimate of drug-likeness (QED) is 0.810. The van der Waals surface area contributed by atoms with Crippen LogP contribution in [0, 0.1) is 0 Å². The van der Waals surface area contributed by atoms with E-state index in [1.807, 2.05) is 12.5 Å². The number of rotatable bonds is 5. The largest absolute Gasteiger partial charge is 0.330 e. The van der Waals surface area contributed by atoms with E-state index in [0.717, 1.165) is 19.4 Å². The van der Waals surface area contributed by atoms with Crippen LogP contribution in [0.15, 0.2) is 18.6 Å². The molecule has 1 saturated carbocycles. The van der Waals surface area contributed by atoms with Gasteiger partial charge in [-0.2, -0.15) is 5.10 Å². The normalized spacial score (nSPS) is 15.2. The fourth-order valence-corrected chi connectivity index (χ4v) is 2.40. The maximum absolute atomic E-state index is 4.67. The molecule has 96 valence electrons. The van der Waals surface area contributed by atoms with E-state index < -0.39 is 0 Å². The third-order valence-corrected chi connectivity index (χ3v) is 3.64. The third kappa shape index (κ3) is 2.07. The summed E-state index contributed by atoms with van der Waals surface area (Å²) in [5, 5.41) is 4.67. The molecule has 0 amide bonds. The first kappa shape index (κ1) is 11.5. The second kappa shape index (κ2) is 4.59. The Morgan fingerprint density at radius 2 is 2.06 bits per heavy atom. The lowest BCUT2D eigenvalue weighted by Crippen LogP contribution is -2.10. The minimum atomic E-state index is 0.689. The standard InChI is InChI=1S/C14H20N4/c1-3-11-7-12(4-2)18(16-11)9-14-8-15-10-17(14)13-5-6-13/h7-8,10,13H,3-6,9H2,1-2H3. The van der Waals surface area contributed by atoms with Crippen molar-refractivity contribution < 1.29 is 0 Å². The monoisotopic (exact) mass is 244 g/mol. The van der Waals surface area contributed by atoms with Gasteiger partial charge in [-0.05, 0) is 31.7 Å². The van der Waals surface area contributed by atoms with E-state index in [0.29, 0.717) is 6.04 Å². The van der Waals surface area contributed by atoms with Crippen LogP contribution in [0.2, 0.25) is 0 Å². The van der Waals surface area contributed by atoms with E-state index in [-0.39, 0.29) is 0 Å². The maximum atomic E-state index is 4.67. The highest BCUT2D eigenvalue weighted by Gasteiger charge is 2.25. The van der Waals surface area contributed by atoms with Gasteiger partial charge in [-0.25, -0.2) is 4.98 Å². The summed E-state index contributed by atoms with van der Waals surface area (Å²) in [5.41, 5.74) is 3.78. The van der Waals surface area contributed by atoms with E-state index in [4.69, 9.17) is 0 Å². The summed E-state index contributed by atoms with van der Waals surface area (Å²) < 4.78 is 4.45. The molecule has 1 aliphatic carbocycles. The highest BCUT2D eigenvalue weighted by atomic mass is 15.3. The average molecular weight is 244 g/mol. The Morgan fingerprint density at radius 1 is 1.22 bits per heavy atom. The molecule has 2 heterocycles. The lowest BCUT2D eigenvalue weighted by atomic mass is 10.2. The molecule has 2 aromatic heterocycles. The Labute approximate surface area is 108 Å². The summed E-state index contributed by atoms with van der Waals surface area (Å²) in [6.45, 7) is 5.19. The second-order valence-electron chi connectivity index (χ2n) is 5.02. The minimum absolute atomic E-state index is 0.689. The summed E-state index contributed by atoms with van der Waals surface area (Å²) in [6.07, 6.45) is 8.56. The SMILES string of the molecule is CCc1cc(CC)n(Cc2cncn2C2CC2)n1. The lowest BCUT2D eigenvalue weighted by Gasteiger charge is -2.08. The molecule has 0 spiro atoms. The Kier molecular flexibility index (Phi) is 2.94. The molecule has 4 nitrogen and oxygen atoms in total. The molecular weight excluding hydrogens is 224 g/mol. The van der Waals surface area contributed by atoms with Crippen LogP contribution in [0.25, 0.3) is 0 Å². The van der Waals surface area contributed by atoms with Crippen molar-refractivity contribution in [3.63, 3.8) is 0 Å². The van der Waals surface area contributed by atoms with E-state index in [1.54, 1.807) is 0 Å². The van der Waals surface area contributed by atoms with Gasteiger partial charge in [0.05, 0.1) is 30.5 Å². The third-order valence-electron chi connectivity index (χ3n) is 3.64. The van der Waals surface area contributed by atoms with Gasteiger partial charge >= 0.3 is 0 Å². The molecule has 2 aromatic rings. The van der Waals surface area contributed by atoms with Crippen LogP contribution < -0.4 is 0 Å². The smallest absolute Gasteiger partial charge is 0.0951 e. The number of aromatic nitrogens is 4. The molecule has 18 heavy (non-hydrogen) atoms. The molecule has 1 aliphatic rings. The van der Waals surface area contributed by atoms with E-state index in [2.05, 4.69) is 39.2 Å². The molecule has 1 fully saturated rings. The summed E-state index contributed by atoms with van der Waals surface area (Å²) in [7, 11) is 0. The number of imidazole rings is 1. The molecule has 0 atom stereocenters. The molecule has 0 N–H and O–H groups in total. The molecule has 0 aromatic carbocycles. The average Bonchev–Trinajstić information content (AvgIpc) is 3.00. The van der Waals surface area contributed by atoms with Crippen molar-refractivity contribution in [3.05, 3.63) is 35.7 Å². The van der Waals surface area contributed by atoms with Gasteiger partial charge in [0.1, 0.15) is 0 Å². The Balaban J connectivity index is 1.86. The predicted molar refractivity (Wildman–Crippen MR) is 70.6 cm³/mol. The first-order chi connectivity index (χ1) is 8.81. The Morgan fingerprint density at radius 3 is 2.72 bits per heavy atom. The van der Waals surface area contributed by atoms with E-state index >= 15 is 0 Å². The lowest BCUT2D eigenvalue weighted by molar-refractivity contribution is 0.591. The van der Waals surface area contributed by atoms with Crippen molar-refractivity contribution in [1.82, 2.24) is 19.3 Å². The van der Waals surface area contributed by atoms with Gasteiger partial charge in [0.2, 0.25) is 0 Å². The van der Waals surface area contributed by atoms with Crippen molar-refractivity contribution in [2.24, 2.45) is 0 Å². The number of hydrogen-bond acceptors (Lipinski definition) is 2. The first-order valence-corrected chi connectivity index (χ1v) is 6.88. The van der Waals surface area contributed by atoms with E-state index in [9.17, 15) is 0 Å². The Bertz CT molecular complexity index is 534. The van der Waals surface area contributed by atoms with Crippen LogP contribution in [0.1, 0.15) is 49.8 Å². The number of hydrogen-bond donors (Lipinski definition) is 0. The van der Waals surface area contributed by atoms with Gasteiger partial charge < -0.3 is 4.57 Å². The summed E-state index contributed by atoms with van der Waals surface area (Å²) in [5.74, 6) is 0. The van der Waals surface area contributed by atoms with Crippen LogP contribution in [0.4, 0.5) is 0 Å². The molecule has 0 saturated heterocycles. The first-order valence-electron chi connectivity index (χ1n) is 6.88. The zero-order valence-corrected chi connectivity index (χ0v) is 11.1. The molecular formula is C14H20N4. The van der Waals surface area contributed by atoms with Gasteiger partial charge in [0.25, 0.3) is 0 Å². The molecule has 0 bridgehead atoms. The Hall–Kier alpha value is -1.58.